The molecule has 2 rings (SSSR count). The van der Waals surface area contributed by atoms with Crippen molar-refractivity contribution in [2.24, 2.45) is 0 Å². The van der Waals surface area contributed by atoms with Gasteiger partial charge >= 0.3 is 0 Å². The number of nitrogens with one attached hydrogen (secondary N) is 2. The molecule has 0 aromatic carbocycles. The zero-order valence-electron chi connectivity index (χ0n) is 8.82. The van der Waals surface area contributed by atoms with E-state index in [9.17, 15) is 9.90 Å². The van der Waals surface area contributed by atoms with Crippen LogP contribution < -0.4 is 11.1 Å². The van der Waals surface area contributed by atoms with E-state index in [4.69, 9.17) is 10.5 Å². The molecule has 6 heteroatoms. The van der Waals surface area contributed by atoms with Crippen LogP contribution in [0.1, 0.15) is 16.9 Å². The van der Waals surface area contributed by atoms with Crippen LogP contribution in [0, 0.1) is 0 Å². The van der Waals surface area contributed by atoms with Gasteiger partial charge in [0.1, 0.15) is 11.3 Å². The highest BCUT2D eigenvalue weighted by molar-refractivity contribution is 5.93. The van der Waals surface area contributed by atoms with Crippen LogP contribution in [0.3, 0.4) is 0 Å². The third-order valence-corrected chi connectivity index (χ3v) is 2.61. The van der Waals surface area contributed by atoms with Crippen LogP contribution in [-0.2, 0) is 4.74 Å². The summed E-state index contributed by atoms with van der Waals surface area (Å²) in [5, 5.41) is 12.6. The molecule has 1 saturated heterocycles. The predicted octanol–water partition coefficient (Wildman–Crippen LogP) is -0.522. The molecule has 88 valence electrons. The molecule has 1 amide bonds. The Balaban J connectivity index is 1.88. The summed E-state index contributed by atoms with van der Waals surface area (Å²) in [7, 11) is 0. The molecule has 1 atom stereocenters. The van der Waals surface area contributed by atoms with Gasteiger partial charge in [0.15, 0.2) is 0 Å². The summed E-state index contributed by atoms with van der Waals surface area (Å²) in [6, 6.07) is 1.55. The van der Waals surface area contributed by atoms with Crippen LogP contribution in [0.2, 0.25) is 0 Å². The maximum absolute atomic E-state index is 11.6. The second-order valence-corrected chi connectivity index (χ2v) is 4.06. The number of amides is 1. The molecule has 1 aromatic heterocycles. The van der Waals surface area contributed by atoms with Gasteiger partial charge in [0.05, 0.1) is 6.61 Å². The van der Waals surface area contributed by atoms with E-state index in [1.807, 2.05) is 0 Å². The van der Waals surface area contributed by atoms with Crippen molar-refractivity contribution in [2.45, 2.75) is 12.0 Å². The average molecular weight is 225 g/mol. The summed E-state index contributed by atoms with van der Waals surface area (Å²) in [6.45, 7) is 0.979. The number of rotatable bonds is 3. The van der Waals surface area contributed by atoms with Crippen LogP contribution in [-0.4, -0.2) is 41.4 Å². The number of aliphatic hydroxyl groups is 1. The first-order chi connectivity index (χ1) is 7.59. The Labute approximate surface area is 92.8 Å². The van der Waals surface area contributed by atoms with Gasteiger partial charge in [0.2, 0.25) is 0 Å². The summed E-state index contributed by atoms with van der Waals surface area (Å²) in [5.41, 5.74) is 5.44. The van der Waals surface area contributed by atoms with E-state index in [2.05, 4.69) is 10.3 Å². The van der Waals surface area contributed by atoms with Crippen molar-refractivity contribution in [3.8, 4) is 0 Å². The fourth-order valence-corrected chi connectivity index (χ4v) is 1.62. The van der Waals surface area contributed by atoms with Crippen LogP contribution in [0.25, 0.3) is 0 Å². The Hall–Kier alpha value is -1.53. The lowest BCUT2D eigenvalue weighted by molar-refractivity contribution is 0.0264. The van der Waals surface area contributed by atoms with Crippen LogP contribution in [0.4, 0.5) is 5.69 Å². The lowest BCUT2D eigenvalue weighted by Gasteiger charge is -2.20. The highest BCUT2D eigenvalue weighted by Gasteiger charge is 2.32. The van der Waals surface area contributed by atoms with Crippen molar-refractivity contribution in [1.29, 1.82) is 0 Å². The summed E-state index contributed by atoms with van der Waals surface area (Å²) < 4.78 is 5.07. The van der Waals surface area contributed by atoms with Gasteiger partial charge in [-0.3, -0.25) is 4.79 Å². The zero-order chi connectivity index (χ0) is 11.6. The minimum atomic E-state index is -0.937. The van der Waals surface area contributed by atoms with Crippen molar-refractivity contribution >= 4 is 11.6 Å². The molecule has 1 unspecified atom stereocenters. The molecule has 2 heterocycles. The van der Waals surface area contributed by atoms with Gasteiger partial charge in [-0.2, -0.15) is 0 Å². The SMILES string of the molecule is Nc1c[nH]c(C(=O)NCC2(O)CCOC2)c1. The number of aromatic amines is 1. The smallest absolute Gasteiger partial charge is 0.267 e. The normalized spacial score (nSPS) is 24.6. The molecule has 6 nitrogen and oxygen atoms in total. The second-order valence-electron chi connectivity index (χ2n) is 4.06. The molecule has 0 radical (unpaired) electrons. The van der Waals surface area contributed by atoms with E-state index in [1.165, 1.54) is 0 Å². The van der Waals surface area contributed by atoms with Crippen molar-refractivity contribution in [3.05, 3.63) is 18.0 Å². The van der Waals surface area contributed by atoms with Crippen molar-refractivity contribution in [2.75, 3.05) is 25.5 Å². The average Bonchev–Trinajstić information content (AvgIpc) is 2.85. The monoisotopic (exact) mass is 225 g/mol. The number of hydrogen-bond donors (Lipinski definition) is 4. The quantitative estimate of drug-likeness (QED) is 0.556. The summed E-state index contributed by atoms with van der Waals surface area (Å²) in [5.74, 6) is -0.281. The van der Waals surface area contributed by atoms with Gasteiger partial charge in [-0.15, -0.1) is 0 Å². The van der Waals surface area contributed by atoms with Crippen molar-refractivity contribution < 1.29 is 14.6 Å². The predicted molar refractivity (Wildman–Crippen MR) is 57.9 cm³/mol. The number of nitrogens with two attached hydrogens (primary N) is 1. The minimum Gasteiger partial charge on any atom is -0.397 e. The number of H-pyrrole nitrogens is 1. The number of aromatic nitrogens is 1. The van der Waals surface area contributed by atoms with Crippen molar-refractivity contribution in [3.63, 3.8) is 0 Å². The Bertz CT molecular complexity index is 382. The number of hydrogen-bond acceptors (Lipinski definition) is 4. The molecule has 1 aromatic rings. The second kappa shape index (κ2) is 4.15. The van der Waals surface area contributed by atoms with Crippen LogP contribution >= 0.6 is 0 Å². The zero-order valence-corrected chi connectivity index (χ0v) is 8.82. The standard InChI is InChI=1S/C10H15N3O3/c11-7-3-8(12-4-7)9(14)13-5-10(15)1-2-16-6-10/h3-4,12,15H,1-2,5-6,11H2,(H,13,14). The molecule has 16 heavy (non-hydrogen) atoms. The fourth-order valence-electron chi connectivity index (χ4n) is 1.62. The number of carbonyl (C=O) groups excluding carboxylic acids is 1. The molecular weight excluding hydrogens is 210 g/mol. The van der Waals surface area contributed by atoms with Crippen LogP contribution in [0.5, 0.6) is 0 Å². The first-order valence-electron chi connectivity index (χ1n) is 5.11. The highest BCUT2D eigenvalue weighted by atomic mass is 16.5. The molecule has 0 spiro atoms. The van der Waals surface area contributed by atoms with Gasteiger partial charge in [-0.25, -0.2) is 0 Å². The molecule has 0 aliphatic carbocycles. The Morgan fingerprint density at radius 2 is 2.56 bits per heavy atom. The van der Waals surface area contributed by atoms with Crippen molar-refractivity contribution in [1.82, 2.24) is 10.3 Å². The first-order valence-corrected chi connectivity index (χ1v) is 5.11. The van der Waals surface area contributed by atoms with Gasteiger partial charge < -0.3 is 25.9 Å². The molecule has 1 aliphatic rings. The third kappa shape index (κ3) is 2.34. The number of ether oxygens (including phenoxy) is 1. The molecule has 0 bridgehead atoms. The van der Waals surface area contributed by atoms with E-state index < -0.39 is 5.60 Å². The molecular formula is C10H15N3O3. The van der Waals surface area contributed by atoms with Crippen LogP contribution in [0.15, 0.2) is 12.3 Å². The Kier molecular flexibility index (Phi) is 2.84. The lowest BCUT2D eigenvalue weighted by atomic mass is 10.0. The first kappa shape index (κ1) is 11.0. The van der Waals surface area contributed by atoms with Gasteiger partial charge in [-0.05, 0) is 6.07 Å². The fraction of sp³-hybridized carbons (Fsp3) is 0.500. The van der Waals surface area contributed by atoms with E-state index in [0.29, 0.717) is 24.4 Å². The van der Waals surface area contributed by atoms with E-state index in [0.717, 1.165) is 0 Å². The Morgan fingerprint density at radius 3 is 3.12 bits per heavy atom. The number of anilines is 1. The summed E-state index contributed by atoms with van der Waals surface area (Å²) >= 11 is 0. The van der Waals surface area contributed by atoms with E-state index >= 15 is 0 Å². The summed E-state index contributed by atoms with van der Waals surface area (Å²) in [6.07, 6.45) is 2.09. The van der Waals surface area contributed by atoms with Gasteiger partial charge in [0, 0.05) is 31.5 Å². The van der Waals surface area contributed by atoms with E-state index in [1.54, 1.807) is 12.3 Å². The largest absolute Gasteiger partial charge is 0.397 e. The topological polar surface area (TPSA) is 100 Å². The summed E-state index contributed by atoms with van der Waals surface area (Å²) in [4.78, 5) is 14.4. The van der Waals surface area contributed by atoms with Gasteiger partial charge in [-0.1, -0.05) is 0 Å². The van der Waals surface area contributed by atoms with E-state index in [-0.39, 0.29) is 19.1 Å². The highest BCUT2D eigenvalue weighted by Crippen LogP contribution is 2.17. The third-order valence-electron chi connectivity index (χ3n) is 2.61. The molecule has 0 saturated carbocycles. The minimum absolute atomic E-state index is 0.185. The Morgan fingerprint density at radius 1 is 1.75 bits per heavy atom. The lowest BCUT2D eigenvalue weighted by Crippen LogP contribution is -2.43. The molecule has 1 aliphatic heterocycles. The molecule has 5 N–H and O–H groups in total. The number of carbonyl (C=O) groups is 1. The maximum atomic E-state index is 11.6. The molecule has 1 fully saturated rings. The van der Waals surface area contributed by atoms with Gasteiger partial charge in [0.25, 0.3) is 5.91 Å². The maximum Gasteiger partial charge on any atom is 0.267 e. The number of nitrogen functional groups attached to an aromatic ring is 1.